The minimum Gasteiger partial charge on any atom is -0.339 e. The fourth-order valence-corrected chi connectivity index (χ4v) is 1.91. The molecule has 0 radical (unpaired) electrons. The maximum atomic E-state index is 5.39. The Labute approximate surface area is 104 Å². The second-order valence-corrected chi connectivity index (χ2v) is 5.88. The molecule has 1 heterocycles. The molecule has 0 aliphatic rings. The zero-order chi connectivity index (χ0) is 13.1. The van der Waals surface area contributed by atoms with E-state index in [1.165, 1.54) is 0 Å². The van der Waals surface area contributed by atoms with E-state index in [1.54, 1.807) is 0 Å². The van der Waals surface area contributed by atoms with Crippen molar-refractivity contribution in [3.8, 4) is 0 Å². The van der Waals surface area contributed by atoms with Gasteiger partial charge in [0, 0.05) is 12.5 Å². The van der Waals surface area contributed by atoms with Gasteiger partial charge in [-0.2, -0.15) is 4.98 Å². The molecule has 17 heavy (non-hydrogen) atoms. The summed E-state index contributed by atoms with van der Waals surface area (Å²) in [5.74, 6) is 1.86. The lowest BCUT2D eigenvalue weighted by molar-refractivity contribution is 0.315. The van der Waals surface area contributed by atoms with Crippen molar-refractivity contribution in [2.45, 2.75) is 59.4 Å². The molecule has 4 heteroatoms. The summed E-state index contributed by atoms with van der Waals surface area (Å²) in [5, 5.41) is 7.32. The van der Waals surface area contributed by atoms with Crippen molar-refractivity contribution in [3.63, 3.8) is 0 Å². The summed E-state index contributed by atoms with van der Waals surface area (Å²) in [6.07, 6.45) is 1.85. The zero-order valence-corrected chi connectivity index (χ0v) is 11.9. The van der Waals surface area contributed by atoms with Gasteiger partial charge in [-0.15, -0.1) is 0 Å². The van der Waals surface area contributed by atoms with Crippen LogP contribution >= 0.6 is 0 Å². The first kappa shape index (κ1) is 14.2. The molecule has 0 amide bonds. The van der Waals surface area contributed by atoms with Gasteiger partial charge in [-0.1, -0.05) is 32.9 Å². The van der Waals surface area contributed by atoms with Gasteiger partial charge in [0.25, 0.3) is 0 Å². The number of likely N-dealkylation sites (N-methyl/N-ethyl adjacent to an activating group) is 1. The molecule has 1 aromatic heterocycles. The quantitative estimate of drug-likeness (QED) is 0.858. The van der Waals surface area contributed by atoms with E-state index in [1.807, 2.05) is 7.05 Å². The van der Waals surface area contributed by atoms with E-state index in [-0.39, 0.29) is 5.41 Å². The second kappa shape index (κ2) is 5.63. The van der Waals surface area contributed by atoms with Gasteiger partial charge in [-0.3, -0.25) is 0 Å². The summed E-state index contributed by atoms with van der Waals surface area (Å²) in [7, 11) is 1.96. The van der Waals surface area contributed by atoms with Gasteiger partial charge in [-0.25, -0.2) is 0 Å². The van der Waals surface area contributed by atoms with Crippen LogP contribution in [0.3, 0.4) is 0 Å². The summed E-state index contributed by atoms with van der Waals surface area (Å²) in [5.41, 5.74) is 0.192. The van der Waals surface area contributed by atoms with Crippen molar-refractivity contribution < 1.29 is 4.52 Å². The maximum absolute atomic E-state index is 5.39. The molecule has 0 saturated heterocycles. The lowest BCUT2D eigenvalue weighted by atomic mass is 9.92. The van der Waals surface area contributed by atoms with E-state index in [0.717, 1.165) is 24.6 Å². The summed E-state index contributed by atoms with van der Waals surface area (Å²) in [4.78, 5) is 4.52. The SMILES string of the molecule is CCC(c1nc(CC(C)(C)C)no1)C(C)NC. The highest BCUT2D eigenvalue weighted by molar-refractivity contribution is 4.99. The van der Waals surface area contributed by atoms with Crippen LogP contribution in [0.1, 0.15) is 58.7 Å². The average Bonchev–Trinajstić information content (AvgIpc) is 2.64. The molecule has 0 fully saturated rings. The van der Waals surface area contributed by atoms with Crippen molar-refractivity contribution in [1.29, 1.82) is 0 Å². The van der Waals surface area contributed by atoms with Gasteiger partial charge in [0.2, 0.25) is 5.89 Å². The third-order valence-corrected chi connectivity index (χ3v) is 2.99. The number of hydrogen-bond donors (Lipinski definition) is 1. The lowest BCUT2D eigenvalue weighted by Crippen LogP contribution is -2.28. The first-order valence-corrected chi connectivity index (χ1v) is 6.37. The van der Waals surface area contributed by atoms with E-state index >= 15 is 0 Å². The van der Waals surface area contributed by atoms with Crippen LogP contribution in [0, 0.1) is 5.41 Å². The first-order valence-electron chi connectivity index (χ1n) is 6.37. The Bertz CT molecular complexity index is 341. The summed E-state index contributed by atoms with van der Waals surface area (Å²) in [6, 6.07) is 0.350. The van der Waals surface area contributed by atoms with Crippen molar-refractivity contribution >= 4 is 0 Å². The average molecular weight is 239 g/mol. The smallest absolute Gasteiger partial charge is 0.231 e. The fraction of sp³-hybridized carbons (Fsp3) is 0.846. The van der Waals surface area contributed by atoms with Gasteiger partial charge in [-0.05, 0) is 25.8 Å². The van der Waals surface area contributed by atoms with Gasteiger partial charge < -0.3 is 9.84 Å². The van der Waals surface area contributed by atoms with E-state index in [2.05, 4.69) is 50.1 Å². The third-order valence-electron chi connectivity index (χ3n) is 2.99. The van der Waals surface area contributed by atoms with E-state index in [0.29, 0.717) is 12.0 Å². The van der Waals surface area contributed by atoms with Crippen LogP contribution in [-0.2, 0) is 6.42 Å². The highest BCUT2D eigenvalue weighted by Crippen LogP contribution is 2.24. The fourth-order valence-electron chi connectivity index (χ4n) is 1.91. The molecular formula is C13H25N3O. The Kier molecular flexibility index (Phi) is 4.69. The molecule has 0 aliphatic heterocycles. The molecule has 1 N–H and O–H groups in total. The van der Waals surface area contributed by atoms with Crippen molar-refractivity contribution in [3.05, 3.63) is 11.7 Å². The zero-order valence-electron chi connectivity index (χ0n) is 11.9. The van der Waals surface area contributed by atoms with Crippen LogP contribution in [0.4, 0.5) is 0 Å². The minimum absolute atomic E-state index is 0.192. The Balaban J connectivity index is 2.79. The Morgan fingerprint density at radius 2 is 2.00 bits per heavy atom. The molecule has 0 spiro atoms. The highest BCUT2D eigenvalue weighted by atomic mass is 16.5. The maximum Gasteiger partial charge on any atom is 0.231 e. The summed E-state index contributed by atoms with van der Waals surface area (Å²) < 4.78 is 5.39. The van der Waals surface area contributed by atoms with Crippen LogP contribution in [0.2, 0.25) is 0 Å². The predicted octanol–water partition coefficient (Wildman–Crippen LogP) is 2.76. The largest absolute Gasteiger partial charge is 0.339 e. The normalized spacial score (nSPS) is 15.9. The summed E-state index contributed by atoms with van der Waals surface area (Å²) >= 11 is 0. The number of aromatic nitrogens is 2. The molecular weight excluding hydrogens is 214 g/mol. The molecule has 0 bridgehead atoms. The summed E-state index contributed by atoms with van der Waals surface area (Å²) in [6.45, 7) is 10.8. The van der Waals surface area contributed by atoms with Crippen LogP contribution in [0.15, 0.2) is 4.52 Å². The van der Waals surface area contributed by atoms with Crippen LogP contribution in [-0.4, -0.2) is 23.2 Å². The van der Waals surface area contributed by atoms with Gasteiger partial charge >= 0.3 is 0 Å². The van der Waals surface area contributed by atoms with Crippen LogP contribution in [0.5, 0.6) is 0 Å². The second-order valence-electron chi connectivity index (χ2n) is 5.88. The molecule has 0 aliphatic carbocycles. The van der Waals surface area contributed by atoms with Crippen LogP contribution in [0.25, 0.3) is 0 Å². The monoisotopic (exact) mass is 239 g/mol. The third kappa shape index (κ3) is 4.11. The molecule has 2 unspecified atom stereocenters. The Morgan fingerprint density at radius 1 is 1.35 bits per heavy atom. The number of hydrogen-bond acceptors (Lipinski definition) is 4. The highest BCUT2D eigenvalue weighted by Gasteiger charge is 2.23. The molecule has 0 aromatic carbocycles. The standard InChI is InChI=1S/C13H25N3O/c1-7-10(9(2)14-6)12-15-11(16-17-12)8-13(3,4)5/h9-10,14H,7-8H2,1-6H3. The van der Waals surface area contributed by atoms with Gasteiger partial charge in [0.15, 0.2) is 5.82 Å². The first-order chi connectivity index (χ1) is 7.87. The molecule has 1 aromatic rings. The topological polar surface area (TPSA) is 51.0 Å². The Morgan fingerprint density at radius 3 is 2.47 bits per heavy atom. The lowest BCUT2D eigenvalue weighted by Gasteiger charge is -2.18. The van der Waals surface area contributed by atoms with E-state index in [9.17, 15) is 0 Å². The van der Waals surface area contributed by atoms with Crippen molar-refractivity contribution in [2.24, 2.45) is 5.41 Å². The van der Waals surface area contributed by atoms with Gasteiger partial charge in [0.05, 0.1) is 5.92 Å². The molecule has 98 valence electrons. The van der Waals surface area contributed by atoms with E-state index in [4.69, 9.17) is 4.52 Å². The molecule has 4 nitrogen and oxygen atoms in total. The van der Waals surface area contributed by atoms with Crippen LogP contribution < -0.4 is 5.32 Å². The van der Waals surface area contributed by atoms with E-state index < -0.39 is 0 Å². The predicted molar refractivity (Wildman–Crippen MR) is 69.0 cm³/mol. The Hall–Kier alpha value is -0.900. The molecule has 0 saturated carbocycles. The van der Waals surface area contributed by atoms with Gasteiger partial charge in [0.1, 0.15) is 0 Å². The minimum atomic E-state index is 0.192. The number of nitrogens with zero attached hydrogens (tertiary/aromatic N) is 2. The molecule has 1 rings (SSSR count). The number of nitrogens with one attached hydrogen (secondary N) is 1. The number of rotatable bonds is 5. The molecule has 2 atom stereocenters. The van der Waals surface area contributed by atoms with Crippen molar-refractivity contribution in [2.75, 3.05) is 7.05 Å². The van der Waals surface area contributed by atoms with Crippen molar-refractivity contribution in [1.82, 2.24) is 15.5 Å².